The summed E-state index contributed by atoms with van der Waals surface area (Å²) < 4.78 is 2.11. The standard InChI is InChI=1S/C37H24N6/c1-3-9-26(10-4-1)33-40-34(27-11-5-2-6-12-27)42-35(41-33)31-14-7-13-30(23-31)25-16-18-29(19-17-25)37-39-24-32-21-20-28-15-8-22-38-36(28)43(32)37/h1-24H. The van der Waals surface area contributed by atoms with Gasteiger partial charge < -0.3 is 0 Å². The van der Waals surface area contributed by atoms with Crippen LogP contribution in [0.1, 0.15) is 0 Å². The Kier molecular flexibility index (Phi) is 6.01. The average Bonchev–Trinajstić information content (AvgIpc) is 3.54. The molecule has 0 amide bonds. The number of hydrogen-bond acceptors (Lipinski definition) is 5. The monoisotopic (exact) mass is 552 g/mol. The van der Waals surface area contributed by atoms with E-state index in [9.17, 15) is 0 Å². The maximum Gasteiger partial charge on any atom is 0.164 e. The van der Waals surface area contributed by atoms with E-state index < -0.39 is 0 Å². The molecule has 0 spiro atoms. The summed E-state index contributed by atoms with van der Waals surface area (Å²) in [5.74, 6) is 2.79. The molecular weight excluding hydrogens is 528 g/mol. The molecule has 0 fully saturated rings. The Labute approximate surface area is 248 Å². The van der Waals surface area contributed by atoms with Gasteiger partial charge in [-0.3, -0.25) is 4.40 Å². The smallest absolute Gasteiger partial charge is 0.164 e. The van der Waals surface area contributed by atoms with Gasteiger partial charge in [-0.1, -0.05) is 103 Å². The van der Waals surface area contributed by atoms with Gasteiger partial charge in [0.15, 0.2) is 17.5 Å². The van der Waals surface area contributed by atoms with Gasteiger partial charge in [0.2, 0.25) is 0 Å². The first-order valence-corrected chi connectivity index (χ1v) is 14.1. The van der Waals surface area contributed by atoms with Crippen molar-refractivity contribution in [3.8, 4) is 56.7 Å². The zero-order chi connectivity index (χ0) is 28.6. The van der Waals surface area contributed by atoms with Gasteiger partial charge in [0, 0.05) is 33.8 Å². The van der Waals surface area contributed by atoms with E-state index in [0.717, 1.165) is 55.8 Å². The Balaban J connectivity index is 1.18. The number of hydrogen-bond donors (Lipinski definition) is 0. The van der Waals surface area contributed by atoms with Gasteiger partial charge in [0.1, 0.15) is 11.5 Å². The molecule has 202 valence electrons. The molecular formula is C37H24N6. The zero-order valence-corrected chi connectivity index (χ0v) is 23.0. The Morgan fingerprint density at radius 2 is 1.02 bits per heavy atom. The van der Waals surface area contributed by atoms with E-state index in [1.54, 1.807) is 0 Å². The van der Waals surface area contributed by atoms with Crippen molar-refractivity contribution >= 4 is 16.6 Å². The molecule has 0 saturated carbocycles. The van der Waals surface area contributed by atoms with Gasteiger partial charge in [0.05, 0.1) is 11.7 Å². The summed E-state index contributed by atoms with van der Waals surface area (Å²) in [6.45, 7) is 0. The lowest BCUT2D eigenvalue weighted by atomic mass is 10.0. The first-order valence-electron chi connectivity index (χ1n) is 14.1. The molecule has 8 rings (SSSR count). The van der Waals surface area contributed by atoms with Gasteiger partial charge in [-0.25, -0.2) is 24.9 Å². The van der Waals surface area contributed by atoms with Crippen LogP contribution in [0.3, 0.4) is 0 Å². The Morgan fingerprint density at radius 3 is 1.72 bits per heavy atom. The second kappa shape index (κ2) is 10.4. The van der Waals surface area contributed by atoms with Gasteiger partial charge in [-0.2, -0.15) is 0 Å². The molecule has 0 N–H and O–H groups in total. The highest BCUT2D eigenvalue weighted by atomic mass is 15.1. The van der Waals surface area contributed by atoms with Crippen LogP contribution in [-0.2, 0) is 0 Å². The van der Waals surface area contributed by atoms with Crippen molar-refractivity contribution in [3.05, 3.63) is 146 Å². The van der Waals surface area contributed by atoms with Crippen LogP contribution >= 0.6 is 0 Å². The zero-order valence-electron chi connectivity index (χ0n) is 23.0. The third-order valence-electron chi connectivity index (χ3n) is 7.55. The fourth-order valence-electron chi connectivity index (χ4n) is 5.40. The van der Waals surface area contributed by atoms with Crippen LogP contribution in [0, 0.1) is 0 Å². The minimum Gasteiger partial charge on any atom is -0.276 e. The molecule has 6 heteroatoms. The van der Waals surface area contributed by atoms with Crippen LogP contribution in [-0.4, -0.2) is 29.3 Å². The number of benzene rings is 4. The lowest BCUT2D eigenvalue weighted by Crippen LogP contribution is -2.00. The van der Waals surface area contributed by atoms with E-state index in [1.807, 2.05) is 91.3 Å². The fraction of sp³-hybridized carbons (Fsp3) is 0. The fourth-order valence-corrected chi connectivity index (χ4v) is 5.40. The summed E-state index contributed by atoms with van der Waals surface area (Å²) in [6.07, 6.45) is 3.71. The largest absolute Gasteiger partial charge is 0.276 e. The predicted molar refractivity (Wildman–Crippen MR) is 171 cm³/mol. The maximum absolute atomic E-state index is 4.90. The number of rotatable bonds is 5. The van der Waals surface area contributed by atoms with Crippen molar-refractivity contribution < 1.29 is 0 Å². The van der Waals surface area contributed by atoms with Crippen LogP contribution in [0.25, 0.3) is 73.2 Å². The van der Waals surface area contributed by atoms with Crippen LogP contribution in [0.4, 0.5) is 0 Å². The van der Waals surface area contributed by atoms with Crippen molar-refractivity contribution in [1.82, 2.24) is 29.3 Å². The molecule has 4 aromatic heterocycles. The minimum absolute atomic E-state index is 0.634. The summed E-state index contributed by atoms with van der Waals surface area (Å²) in [4.78, 5) is 24.0. The molecule has 0 unspecified atom stereocenters. The molecule has 0 radical (unpaired) electrons. The summed E-state index contributed by atoms with van der Waals surface area (Å²) >= 11 is 0. The van der Waals surface area contributed by atoms with E-state index in [-0.39, 0.29) is 0 Å². The normalized spacial score (nSPS) is 11.3. The maximum atomic E-state index is 4.90. The van der Waals surface area contributed by atoms with E-state index >= 15 is 0 Å². The summed E-state index contributed by atoms with van der Waals surface area (Å²) in [5.41, 5.74) is 7.92. The topological polar surface area (TPSA) is 68.9 Å². The van der Waals surface area contributed by atoms with Gasteiger partial charge in [-0.15, -0.1) is 0 Å². The van der Waals surface area contributed by atoms with E-state index in [4.69, 9.17) is 19.9 Å². The third-order valence-corrected chi connectivity index (χ3v) is 7.55. The molecule has 0 saturated heterocycles. The molecule has 43 heavy (non-hydrogen) atoms. The van der Waals surface area contributed by atoms with Crippen LogP contribution < -0.4 is 0 Å². The molecule has 0 aliphatic heterocycles. The van der Waals surface area contributed by atoms with Crippen molar-refractivity contribution in [1.29, 1.82) is 0 Å². The average molecular weight is 553 g/mol. The summed E-state index contributed by atoms with van der Waals surface area (Å²) in [6, 6.07) is 45.1. The highest BCUT2D eigenvalue weighted by Crippen LogP contribution is 2.30. The Bertz CT molecular complexity index is 2170. The SMILES string of the molecule is c1ccc(-c2nc(-c3ccccc3)nc(-c3cccc(-c4ccc(-c5ncc6ccc7cccnc7n56)cc4)c3)n2)cc1. The van der Waals surface area contributed by atoms with E-state index in [1.165, 1.54) is 0 Å². The van der Waals surface area contributed by atoms with Crippen molar-refractivity contribution in [2.75, 3.05) is 0 Å². The van der Waals surface area contributed by atoms with E-state index in [0.29, 0.717) is 17.5 Å². The first kappa shape index (κ1) is 24.8. The summed E-state index contributed by atoms with van der Waals surface area (Å²) in [7, 11) is 0. The number of pyridine rings is 2. The van der Waals surface area contributed by atoms with Crippen molar-refractivity contribution in [2.45, 2.75) is 0 Å². The number of nitrogens with zero attached hydrogens (tertiary/aromatic N) is 6. The van der Waals surface area contributed by atoms with E-state index in [2.05, 4.69) is 64.0 Å². The summed E-state index contributed by atoms with van der Waals surface area (Å²) in [5, 5.41) is 1.08. The molecule has 0 aliphatic rings. The van der Waals surface area contributed by atoms with Gasteiger partial charge in [0.25, 0.3) is 0 Å². The number of aromatic nitrogens is 6. The van der Waals surface area contributed by atoms with Crippen LogP contribution in [0.5, 0.6) is 0 Å². The molecule has 4 heterocycles. The molecule has 0 atom stereocenters. The number of imidazole rings is 1. The second-order valence-corrected chi connectivity index (χ2v) is 10.3. The lowest BCUT2D eigenvalue weighted by molar-refractivity contribution is 1.07. The molecule has 8 aromatic rings. The van der Waals surface area contributed by atoms with Gasteiger partial charge >= 0.3 is 0 Å². The van der Waals surface area contributed by atoms with Crippen molar-refractivity contribution in [3.63, 3.8) is 0 Å². The molecule has 6 nitrogen and oxygen atoms in total. The predicted octanol–water partition coefficient (Wildman–Crippen LogP) is 8.40. The van der Waals surface area contributed by atoms with Crippen LogP contribution in [0.2, 0.25) is 0 Å². The lowest BCUT2D eigenvalue weighted by Gasteiger charge is -2.10. The molecule has 4 aromatic carbocycles. The Morgan fingerprint density at radius 1 is 0.419 bits per heavy atom. The quantitative estimate of drug-likeness (QED) is 0.214. The highest BCUT2D eigenvalue weighted by Gasteiger charge is 2.14. The second-order valence-electron chi connectivity index (χ2n) is 10.3. The Hall–Kier alpha value is -6.01. The van der Waals surface area contributed by atoms with Crippen LogP contribution in [0.15, 0.2) is 146 Å². The number of fused-ring (bicyclic) bond motifs is 3. The molecule has 0 aliphatic carbocycles. The van der Waals surface area contributed by atoms with Crippen molar-refractivity contribution in [2.24, 2.45) is 0 Å². The van der Waals surface area contributed by atoms with Gasteiger partial charge in [-0.05, 0) is 41.5 Å². The minimum atomic E-state index is 0.634. The third kappa shape index (κ3) is 4.61. The highest BCUT2D eigenvalue weighted by molar-refractivity contribution is 5.82. The first-order chi connectivity index (χ1) is 21.3. The molecule has 0 bridgehead atoms.